The number of hydrogen-bond acceptors (Lipinski definition) is 7. The van der Waals surface area contributed by atoms with Gasteiger partial charge in [-0.3, -0.25) is 19.8 Å². The largest absolute Gasteiger partial charge is 0.459 e. The van der Waals surface area contributed by atoms with Crippen LogP contribution in [0.15, 0.2) is 24.3 Å². The molecule has 22 heavy (non-hydrogen) atoms. The predicted octanol–water partition coefficient (Wildman–Crippen LogP) is 0.122. The number of carbonyl (C=O) groups excluding carboxylic acids is 3. The summed E-state index contributed by atoms with van der Waals surface area (Å²) in [6.07, 6.45) is -0.588. The first-order chi connectivity index (χ1) is 10.5. The second-order valence-electron chi connectivity index (χ2n) is 4.83. The van der Waals surface area contributed by atoms with Gasteiger partial charge >= 0.3 is 11.9 Å². The number of β-lactam (4-membered cyclic amide) rings is 1. The molecule has 0 N–H and O–H groups in total. The van der Waals surface area contributed by atoms with Crippen molar-refractivity contribution in [1.29, 1.82) is 0 Å². The summed E-state index contributed by atoms with van der Waals surface area (Å²) < 4.78 is 9.83. The number of nitro groups is 1. The molecule has 9 nitrogen and oxygen atoms in total. The lowest BCUT2D eigenvalue weighted by Crippen LogP contribution is -2.55. The number of ether oxygens (including phenoxy) is 2. The molecule has 0 saturated carbocycles. The summed E-state index contributed by atoms with van der Waals surface area (Å²) in [7, 11) is 0. The third-order valence-corrected chi connectivity index (χ3v) is 3.45. The van der Waals surface area contributed by atoms with E-state index in [9.17, 15) is 24.5 Å². The first kappa shape index (κ1) is 14.0. The second kappa shape index (κ2) is 5.10. The fourth-order valence-corrected chi connectivity index (χ4v) is 2.28. The molecule has 1 amide bonds. The van der Waals surface area contributed by atoms with Crippen molar-refractivity contribution in [2.75, 3.05) is 0 Å². The number of benzene rings is 1. The van der Waals surface area contributed by atoms with E-state index in [1.165, 1.54) is 24.3 Å². The average Bonchev–Trinajstić information content (AvgIpc) is 2.76. The van der Waals surface area contributed by atoms with Gasteiger partial charge in [0.2, 0.25) is 11.9 Å². The Bertz CT molecular complexity index is 669. The number of non-ortho nitro benzene ring substituents is 1. The highest BCUT2D eigenvalue weighted by molar-refractivity contribution is 6.06. The Hall–Kier alpha value is -2.97. The highest BCUT2D eigenvalue weighted by Crippen LogP contribution is 2.31. The Kier molecular flexibility index (Phi) is 3.24. The Balaban J connectivity index is 1.61. The third-order valence-electron chi connectivity index (χ3n) is 3.45. The molecule has 9 heteroatoms. The van der Waals surface area contributed by atoms with Crippen LogP contribution in [0.4, 0.5) is 5.69 Å². The van der Waals surface area contributed by atoms with Gasteiger partial charge in [0.1, 0.15) is 6.61 Å². The van der Waals surface area contributed by atoms with Crippen molar-refractivity contribution in [2.24, 2.45) is 0 Å². The zero-order chi connectivity index (χ0) is 15.9. The number of esters is 2. The summed E-state index contributed by atoms with van der Waals surface area (Å²) in [5.74, 6) is -2.02. The number of nitrogens with zero attached hydrogens (tertiary/aromatic N) is 2. The Labute approximate surface area is 123 Å². The Morgan fingerprint density at radius 1 is 1.36 bits per heavy atom. The van der Waals surface area contributed by atoms with Crippen molar-refractivity contribution >= 4 is 23.5 Å². The van der Waals surface area contributed by atoms with E-state index in [0.717, 1.165) is 4.90 Å². The zero-order valence-electron chi connectivity index (χ0n) is 11.1. The standard InChI is InChI=1S/C13H10N2O7/c16-9-5-10-14(9)11(13(18)22-10)12(17)21-6-7-1-3-8(4-2-7)15(19)20/h1-4,10-11H,5-6H2/t10-,11-/m1/s1. The van der Waals surface area contributed by atoms with Crippen LogP contribution in [-0.4, -0.2) is 39.9 Å². The monoisotopic (exact) mass is 306 g/mol. The van der Waals surface area contributed by atoms with Crippen LogP contribution in [0.1, 0.15) is 12.0 Å². The van der Waals surface area contributed by atoms with Gasteiger partial charge in [0.15, 0.2) is 6.23 Å². The summed E-state index contributed by atoms with van der Waals surface area (Å²) in [5.41, 5.74) is 0.445. The highest BCUT2D eigenvalue weighted by Gasteiger charge is 2.56. The van der Waals surface area contributed by atoms with E-state index in [4.69, 9.17) is 9.47 Å². The Morgan fingerprint density at radius 2 is 2.05 bits per heavy atom. The van der Waals surface area contributed by atoms with E-state index in [0.29, 0.717) is 5.56 Å². The maximum absolute atomic E-state index is 11.9. The van der Waals surface area contributed by atoms with Crippen molar-refractivity contribution in [3.8, 4) is 0 Å². The molecule has 2 aliphatic rings. The van der Waals surface area contributed by atoms with Crippen molar-refractivity contribution < 1.29 is 28.8 Å². The average molecular weight is 306 g/mol. The normalized spacial score (nSPS) is 22.6. The lowest BCUT2D eigenvalue weighted by molar-refractivity contribution is -0.384. The smallest absolute Gasteiger partial charge is 0.342 e. The van der Waals surface area contributed by atoms with Crippen LogP contribution in [-0.2, 0) is 30.5 Å². The van der Waals surface area contributed by atoms with Gasteiger partial charge in [0.25, 0.3) is 5.69 Å². The van der Waals surface area contributed by atoms with E-state index >= 15 is 0 Å². The molecular formula is C13H10N2O7. The SMILES string of the molecule is O=C(OCc1ccc([N+](=O)[O-])cc1)[C@@H]1C(=O)O[C@@H]2CC(=O)N12. The maximum Gasteiger partial charge on any atom is 0.342 e. The molecule has 0 unspecified atom stereocenters. The molecule has 2 aliphatic heterocycles. The molecule has 0 radical (unpaired) electrons. The minimum atomic E-state index is -1.36. The van der Waals surface area contributed by atoms with Gasteiger partial charge in [0.05, 0.1) is 11.3 Å². The van der Waals surface area contributed by atoms with Crippen molar-refractivity contribution in [3.63, 3.8) is 0 Å². The van der Waals surface area contributed by atoms with Crippen LogP contribution in [0, 0.1) is 10.1 Å². The van der Waals surface area contributed by atoms with Crippen molar-refractivity contribution in [1.82, 2.24) is 4.90 Å². The molecule has 2 saturated heterocycles. The van der Waals surface area contributed by atoms with Crippen LogP contribution in [0.5, 0.6) is 0 Å². The van der Waals surface area contributed by atoms with Gasteiger partial charge in [0, 0.05) is 12.1 Å². The number of hydrogen-bond donors (Lipinski definition) is 0. The molecule has 0 bridgehead atoms. The van der Waals surface area contributed by atoms with Crippen LogP contribution < -0.4 is 0 Å². The first-order valence-electron chi connectivity index (χ1n) is 6.39. The van der Waals surface area contributed by atoms with Gasteiger partial charge in [-0.1, -0.05) is 0 Å². The molecule has 0 aliphatic carbocycles. The maximum atomic E-state index is 11.9. The number of carbonyl (C=O) groups is 3. The van der Waals surface area contributed by atoms with E-state index < -0.39 is 29.1 Å². The van der Waals surface area contributed by atoms with Gasteiger partial charge < -0.3 is 9.47 Å². The quantitative estimate of drug-likeness (QED) is 0.255. The molecule has 2 atom stereocenters. The van der Waals surface area contributed by atoms with Gasteiger partial charge in [-0.15, -0.1) is 0 Å². The topological polar surface area (TPSA) is 116 Å². The lowest BCUT2D eigenvalue weighted by atomic mass is 10.1. The summed E-state index contributed by atoms with van der Waals surface area (Å²) in [6, 6.07) is 4.08. The molecule has 3 rings (SSSR count). The van der Waals surface area contributed by atoms with Gasteiger partial charge in [-0.05, 0) is 17.7 Å². The minimum absolute atomic E-state index is 0.0801. The van der Waals surface area contributed by atoms with Crippen LogP contribution in [0.25, 0.3) is 0 Å². The second-order valence-corrected chi connectivity index (χ2v) is 4.83. The molecule has 1 aromatic rings. The first-order valence-corrected chi connectivity index (χ1v) is 6.39. The van der Waals surface area contributed by atoms with Crippen LogP contribution in [0.2, 0.25) is 0 Å². The van der Waals surface area contributed by atoms with Crippen LogP contribution in [0.3, 0.4) is 0 Å². The van der Waals surface area contributed by atoms with Crippen LogP contribution >= 0.6 is 0 Å². The molecule has 114 valence electrons. The third kappa shape index (κ3) is 2.26. The van der Waals surface area contributed by atoms with E-state index in [1.54, 1.807) is 0 Å². The Morgan fingerprint density at radius 3 is 2.64 bits per heavy atom. The van der Waals surface area contributed by atoms with Gasteiger partial charge in [-0.2, -0.15) is 0 Å². The molecule has 2 heterocycles. The van der Waals surface area contributed by atoms with Gasteiger partial charge in [-0.25, -0.2) is 9.59 Å². The zero-order valence-corrected chi connectivity index (χ0v) is 11.1. The highest BCUT2D eigenvalue weighted by atomic mass is 16.6. The lowest BCUT2D eigenvalue weighted by Gasteiger charge is -2.33. The number of rotatable bonds is 4. The summed E-state index contributed by atoms with van der Waals surface area (Å²) in [4.78, 5) is 45.9. The number of nitro benzene ring substituents is 1. The summed E-state index contributed by atoms with van der Waals surface area (Å²) in [6.45, 7) is -0.159. The fraction of sp³-hybridized carbons (Fsp3) is 0.308. The molecule has 2 fully saturated rings. The molecule has 0 aromatic heterocycles. The van der Waals surface area contributed by atoms with E-state index in [2.05, 4.69) is 0 Å². The van der Waals surface area contributed by atoms with E-state index in [1.807, 2.05) is 0 Å². The van der Waals surface area contributed by atoms with Crippen molar-refractivity contribution in [2.45, 2.75) is 25.3 Å². The molecule has 0 spiro atoms. The fourth-order valence-electron chi connectivity index (χ4n) is 2.28. The minimum Gasteiger partial charge on any atom is -0.459 e. The van der Waals surface area contributed by atoms with Crippen molar-refractivity contribution in [3.05, 3.63) is 39.9 Å². The molecular weight excluding hydrogens is 296 g/mol. The number of fused-ring (bicyclic) bond motifs is 1. The summed E-state index contributed by atoms with van der Waals surface area (Å²) in [5, 5.41) is 10.5. The number of amides is 1. The molecule has 1 aromatic carbocycles. The van der Waals surface area contributed by atoms with E-state index in [-0.39, 0.29) is 24.6 Å². The summed E-state index contributed by atoms with van der Waals surface area (Å²) >= 11 is 0. The predicted molar refractivity (Wildman–Crippen MR) is 68.0 cm³/mol.